The molecule has 0 bridgehead atoms. The summed E-state index contributed by atoms with van der Waals surface area (Å²) in [5, 5.41) is 15.7. The van der Waals surface area contributed by atoms with Crippen molar-refractivity contribution in [2.45, 2.75) is 5.92 Å². The second kappa shape index (κ2) is 25.2. The molecule has 1 unspecified atom stereocenters. The van der Waals surface area contributed by atoms with E-state index < -0.39 is 0 Å². The molecule has 4 heteroatoms. The molecule has 0 spiro atoms. The minimum absolute atomic E-state index is 0.0789. The minimum Gasteiger partial charge on any atom is -0.292 e. The Labute approximate surface area is 602 Å². The lowest BCUT2D eigenvalue weighted by molar-refractivity contribution is 1.07. The SMILES string of the molecule is C1=C(c2ccccc2)C(c2ccc(-c3nc(-c4ccc(-n5c(-c6ccccc6)nc(-c6ccccc6)c5-c5ccccc5)cc4)nc4c(-c5ccc6c7ccccc7c7ccccc7c6c5)cc(-c5ccc6c7ccccc7c7ccccc7c6c5)cc34)cc2)C(c2ccccc2)=C1c1ccccc1. The first-order valence-corrected chi connectivity index (χ1v) is 35.8. The summed E-state index contributed by atoms with van der Waals surface area (Å²) in [6.07, 6.45) is 2.43. The van der Waals surface area contributed by atoms with E-state index in [0.717, 1.165) is 89.6 Å². The lowest BCUT2D eigenvalue weighted by atomic mass is 9.81. The van der Waals surface area contributed by atoms with Gasteiger partial charge < -0.3 is 0 Å². The molecule has 0 amide bonds. The quantitative estimate of drug-likeness (QED) is 0.115. The smallest absolute Gasteiger partial charge is 0.160 e. The van der Waals surface area contributed by atoms with Crippen LogP contribution in [-0.4, -0.2) is 19.5 Å². The molecule has 0 fully saturated rings. The van der Waals surface area contributed by atoms with Crippen LogP contribution in [0.25, 0.3) is 177 Å². The van der Waals surface area contributed by atoms with Crippen LogP contribution in [0, 0.1) is 0 Å². The van der Waals surface area contributed by atoms with Gasteiger partial charge in [0.1, 0.15) is 5.82 Å². The molecule has 104 heavy (non-hydrogen) atoms. The predicted molar refractivity (Wildman–Crippen MR) is 437 cm³/mol. The zero-order valence-corrected chi connectivity index (χ0v) is 56.7. The van der Waals surface area contributed by atoms with Crippen LogP contribution in [0.5, 0.6) is 0 Å². The Balaban J connectivity index is 0.839. The molecule has 19 aromatic rings. The van der Waals surface area contributed by atoms with E-state index in [9.17, 15) is 0 Å². The number of aromatic nitrogens is 4. The van der Waals surface area contributed by atoms with Gasteiger partial charge >= 0.3 is 0 Å². The standard InChI is InChI=1S/C100H64N4/c1-7-27-64(28-8-1)87-63-88(65-29-9-2-10-30-65)94(93(87)66-31-11-3-12-32-66)67-47-49-69(50-48-67)95-92-62-75(73-53-57-85-81-43-21-19-39-77(81)79-41-23-25-45-83(79)90(85)59-73)61-89(74-54-58-86-82-44-22-20-40-78(82)80-42-24-26-46-84(80)91(86)60-74)97(92)102-99(101-95)71-51-55-76(56-52-71)104-98(70-35-15-5-16-36-70)96(68-33-13-4-14-34-68)103-100(104)72-37-17-6-18-38-72/h1-63,94H. The monoisotopic (exact) mass is 1320 g/mol. The highest BCUT2D eigenvalue weighted by Gasteiger charge is 2.33. The molecule has 484 valence electrons. The van der Waals surface area contributed by atoms with Crippen LogP contribution in [-0.2, 0) is 0 Å². The third-order valence-electron chi connectivity index (χ3n) is 21.3. The third kappa shape index (κ3) is 10.3. The fraction of sp³-hybridized carbons (Fsp3) is 0.0100. The Hall–Kier alpha value is -13.7. The highest BCUT2D eigenvalue weighted by Crippen LogP contribution is 2.53. The van der Waals surface area contributed by atoms with Crippen LogP contribution in [0.4, 0.5) is 0 Å². The van der Waals surface area contributed by atoms with Crippen molar-refractivity contribution in [1.29, 1.82) is 0 Å². The molecule has 20 rings (SSSR count). The maximum Gasteiger partial charge on any atom is 0.160 e. The van der Waals surface area contributed by atoms with Crippen molar-refractivity contribution in [1.82, 2.24) is 19.5 Å². The number of benzene rings is 17. The Morgan fingerprint density at radius 3 is 1.16 bits per heavy atom. The van der Waals surface area contributed by atoms with E-state index in [1.807, 2.05) is 0 Å². The van der Waals surface area contributed by atoms with Gasteiger partial charge in [-0.1, -0.05) is 328 Å². The Morgan fingerprint density at radius 1 is 0.240 bits per heavy atom. The Kier molecular flexibility index (Phi) is 14.6. The summed E-state index contributed by atoms with van der Waals surface area (Å²) in [5.41, 5.74) is 22.4. The third-order valence-corrected chi connectivity index (χ3v) is 21.3. The average Bonchev–Trinajstić information content (AvgIpc) is 0.928. The van der Waals surface area contributed by atoms with E-state index in [0.29, 0.717) is 5.82 Å². The van der Waals surface area contributed by atoms with Crippen molar-refractivity contribution >= 4 is 92.3 Å². The largest absolute Gasteiger partial charge is 0.292 e. The molecule has 17 aromatic carbocycles. The molecule has 1 aliphatic carbocycles. The molecule has 0 saturated heterocycles. The number of fused-ring (bicyclic) bond motifs is 13. The van der Waals surface area contributed by atoms with Crippen LogP contribution < -0.4 is 0 Å². The van der Waals surface area contributed by atoms with Crippen molar-refractivity contribution in [3.8, 4) is 84.5 Å². The van der Waals surface area contributed by atoms with Gasteiger partial charge in [-0.25, -0.2) is 15.0 Å². The van der Waals surface area contributed by atoms with Crippen molar-refractivity contribution in [3.05, 3.63) is 404 Å². The zero-order chi connectivity index (χ0) is 68.6. The van der Waals surface area contributed by atoms with Gasteiger partial charge in [0.15, 0.2) is 5.82 Å². The van der Waals surface area contributed by atoms with Gasteiger partial charge in [0.25, 0.3) is 0 Å². The van der Waals surface area contributed by atoms with E-state index in [1.165, 1.54) is 104 Å². The number of nitrogens with zero attached hydrogens (tertiary/aromatic N) is 4. The van der Waals surface area contributed by atoms with Crippen LogP contribution in [0.1, 0.15) is 28.2 Å². The lowest BCUT2D eigenvalue weighted by Crippen LogP contribution is -2.03. The number of hydrogen-bond acceptors (Lipinski definition) is 3. The number of hydrogen-bond donors (Lipinski definition) is 0. The summed E-state index contributed by atoms with van der Waals surface area (Å²) in [4.78, 5) is 17.3. The van der Waals surface area contributed by atoms with E-state index in [-0.39, 0.29) is 5.92 Å². The van der Waals surface area contributed by atoms with E-state index >= 15 is 0 Å². The second-order valence-corrected chi connectivity index (χ2v) is 27.2. The normalized spacial score (nSPS) is 13.1. The van der Waals surface area contributed by atoms with Crippen molar-refractivity contribution in [2.24, 2.45) is 0 Å². The first-order chi connectivity index (χ1) is 51.6. The van der Waals surface area contributed by atoms with E-state index in [2.05, 4.69) is 387 Å². The van der Waals surface area contributed by atoms with Crippen LogP contribution in [0.15, 0.2) is 382 Å². The fourth-order valence-corrected chi connectivity index (χ4v) is 16.5. The molecule has 1 atom stereocenters. The average molecular weight is 1320 g/mol. The van der Waals surface area contributed by atoms with Gasteiger partial charge in [-0.05, 0) is 175 Å². The summed E-state index contributed by atoms with van der Waals surface area (Å²) in [7, 11) is 0. The van der Waals surface area contributed by atoms with Gasteiger partial charge in [-0.2, -0.15) is 0 Å². The topological polar surface area (TPSA) is 43.6 Å². The molecule has 2 heterocycles. The highest BCUT2D eigenvalue weighted by molar-refractivity contribution is 6.27. The molecule has 4 nitrogen and oxygen atoms in total. The predicted octanol–water partition coefficient (Wildman–Crippen LogP) is 26.2. The minimum atomic E-state index is -0.0789. The van der Waals surface area contributed by atoms with Crippen LogP contribution >= 0.6 is 0 Å². The van der Waals surface area contributed by atoms with Crippen molar-refractivity contribution < 1.29 is 0 Å². The Bertz CT molecular complexity index is 6570. The maximum atomic E-state index is 5.90. The highest BCUT2D eigenvalue weighted by atomic mass is 15.1. The van der Waals surface area contributed by atoms with E-state index in [1.54, 1.807) is 0 Å². The van der Waals surface area contributed by atoms with Crippen molar-refractivity contribution in [2.75, 3.05) is 0 Å². The molecule has 1 aliphatic rings. The summed E-state index contributed by atoms with van der Waals surface area (Å²) in [6.45, 7) is 0. The number of imidazole rings is 1. The van der Waals surface area contributed by atoms with Gasteiger partial charge in [-0.15, -0.1) is 0 Å². The van der Waals surface area contributed by atoms with Gasteiger partial charge in [-0.3, -0.25) is 4.57 Å². The first-order valence-electron chi connectivity index (χ1n) is 35.8. The number of allylic oxidation sites excluding steroid dienone is 4. The zero-order valence-electron chi connectivity index (χ0n) is 56.7. The van der Waals surface area contributed by atoms with Gasteiger partial charge in [0, 0.05) is 50.4 Å². The second-order valence-electron chi connectivity index (χ2n) is 27.2. The molecular weight excluding hydrogens is 1260 g/mol. The fourth-order valence-electron chi connectivity index (χ4n) is 16.5. The van der Waals surface area contributed by atoms with E-state index in [4.69, 9.17) is 15.0 Å². The van der Waals surface area contributed by atoms with Gasteiger partial charge in [0.05, 0.1) is 22.6 Å². The Morgan fingerprint density at radius 2 is 0.635 bits per heavy atom. The molecule has 0 N–H and O–H groups in total. The summed E-state index contributed by atoms with van der Waals surface area (Å²) >= 11 is 0. The first kappa shape index (κ1) is 60.3. The molecule has 0 aliphatic heterocycles. The summed E-state index contributed by atoms with van der Waals surface area (Å²) < 4.78 is 2.32. The molecule has 0 radical (unpaired) electrons. The van der Waals surface area contributed by atoms with Gasteiger partial charge in [0.2, 0.25) is 0 Å². The lowest BCUT2D eigenvalue weighted by Gasteiger charge is -2.22. The van der Waals surface area contributed by atoms with Crippen LogP contribution in [0.3, 0.4) is 0 Å². The maximum absolute atomic E-state index is 5.90. The molecule has 2 aromatic heterocycles. The van der Waals surface area contributed by atoms with Crippen LogP contribution in [0.2, 0.25) is 0 Å². The van der Waals surface area contributed by atoms with Crippen molar-refractivity contribution in [3.63, 3.8) is 0 Å². The molecule has 0 saturated carbocycles. The molecular formula is C100H64N4. The number of rotatable bonds is 12. The summed E-state index contributed by atoms with van der Waals surface area (Å²) in [5.74, 6) is 1.39. The summed E-state index contributed by atoms with van der Waals surface area (Å²) in [6, 6.07) is 137.